The maximum Gasteiger partial charge on any atom is 0.408 e. The van der Waals surface area contributed by atoms with E-state index in [9.17, 15) is 52.7 Å². The van der Waals surface area contributed by atoms with E-state index < -0.39 is 101 Å². The number of benzene rings is 2. The molecule has 24 nitrogen and oxygen atoms in total. The third kappa shape index (κ3) is 15.6. The summed E-state index contributed by atoms with van der Waals surface area (Å²) < 4.78 is 12.0. The minimum absolute atomic E-state index is 0.0126. The van der Waals surface area contributed by atoms with Crippen molar-refractivity contribution in [3.63, 3.8) is 0 Å². The van der Waals surface area contributed by atoms with Gasteiger partial charge in [0.2, 0.25) is 41.4 Å². The number of rotatable bonds is 24. The monoisotopic (exact) mass is 1040 g/mol. The van der Waals surface area contributed by atoms with E-state index in [2.05, 4.69) is 47.5 Å². The van der Waals surface area contributed by atoms with E-state index in [1.807, 2.05) is 44.2 Å². The zero-order valence-electron chi connectivity index (χ0n) is 42.3. The molecule has 75 heavy (non-hydrogen) atoms. The Morgan fingerprint density at radius 2 is 1.57 bits per heavy atom. The summed E-state index contributed by atoms with van der Waals surface area (Å²) in [5.41, 5.74) is 1.11. The molecule has 3 aromatic rings. The SMILES string of the molecule is CC(C)C[C@H](NC(=O)[C@@H](NC(=O)[C@H](C)NC(=O)OCc1cn(CCCC(=O)Nc2cccc3c2C(=O)N(C2CCC(=O)NC2=O)C3=O)nn1)C(C)C)C(=O)N[C@H](/C=C/C(=O)OCc1ccccc1)C[C@@H]1CCNC1=O. The van der Waals surface area contributed by atoms with Crippen molar-refractivity contribution in [1.82, 2.24) is 51.8 Å². The van der Waals surface area contributed by atoms with Crippen molar-refractivity contribution in [2.24, 2.45) is 17.8 Å². The van der Waals surface area contributed by atoms with Gasteiger partial charge in [0.25, 0.3) is 11.8 Å². The van der Waals surface area contributed by atoms with Gasteiger partial charge in [-0.25, -0.2) is 9.59 Å². The number of amides is 10. The van der Waals surface area contributed by atoms with Gasteiger partial charge in [0, 0.05) is 44.0 Å². The molecule has 0 bridgehead atoms. The largest absolute Gasteiger partial charge is 0.458 e. The van der Waals surface area contributed by atoms with Crippen LogP contribution in [0.4, 0.5) is 10.5 Å². The van der Waals surface area contributed by atoms with Gasteiger partial charge in [-0.15, -0.1) is 5.10 Å². The lowest BCUT2D eigenvalue weighted by atomic mass is 9.96. The molecule has 0 radical (unpaired) electrons. The number of imide groups is 2. The van der Waals surface area contributed by atoms with E-state index in [0.717, 1.165) is 10.5 Å². The van der Waals surface area contributed by atoms with Crippen LogP contribution in [0.1, 0.15) is 112 Å². The summed E-state index contributed by atoms with van der Waals surface area (Å²) in [6.07, 6.45) is 4.33. The Bertz CT molecular complexity index is 2690. The fourth-order valence-corrected chi connectivity index (χ4v) is 8.57. The molecule has 6 atom stereocenters. The van der Waals surface area contributed by atoms with Gasteiger partial charge in [0.1, 0.15) is 43.1 Å². The van der Waals surface area contributed by atoms with Gasteiger partial charge in [-0.3, -0.25) is 58.0 Å². The first-order chi connectivity index (χ1) is 35.8. The van der Waals surface area contributed by atoms with E-state index in [1.54, 1.807) is 13.8 Å². The molecule has 24 heteroatoms. The van der Waals surface area contributed by atoms with Crippen LogP contribution in [0.3, 0.4) is 0 Å². The highest BCUT2D eigenvalue weighted by Gasteiger charge is 2.46. The standard InChI is InChI=1S/C51H63N11O13/c1-28(2)23-37(46(68)54-33(24-32-20-21-52-45(32)67)16-19-41(65)74-26-31-11-7-6-8-12-31)56-48(70)43(29(3)4)58-44(66)30(5)53-51(73)75-27-34-25-61(60-59-34)22-10-15-39(63)55-36-14-9-13-35-42(36)50(72)62(49(35)71)38-17-18-40(64)57-47(38)69/h6-9,11-14,16,19,25,28-30,32-33,37-38,43H,10,15,17-18,20-24,26-27H2,1-5H3,(H,52,67)(H,53,73)(H,54,68)(H,55,63)(H,56,70)(H,58,66)(H,57,64,69)/b19-16+/t30-,32-,33+,37-,38?,43-/m0/s1. The molecule has 0 saturated carbocycles. The third-order valence-electron chi connectivity index (χ3n) is 12.5. The molecule has 6 rings (SSSR count). The van der Waals surface area contributed by atoms with Crippen LogP contribution >= 0.6 is 0 Å². The van der Waals surface area contributed by atoms with Gasteiger partial charge in [-0.2, -0.15) is 0 Å². The molecule has 7 N–H and O–H groups in total. The van der Waals surface area contributed by atoms with Gasteiger partial charge in [0.05, 0.1) is 23.0 Å². The number of hydrogen-bond donors (Lipinski definition) is 7. The van der Waals surface area contributed by atoms with Crippen molar-refractivity contribution in [1.29, 1.82) is 0 Å². The molecule has 2 saturated heterocycles. The van der Waals surface area contributed by atoms with Crippen LogP contribution in [0.15, 0.2) is 66.9 Å². The summed E-state index contributed by atoms with van der Waals surface area (Å²) >= 11 is 0. The van der Waals surface area contributed by atoms with E-state index >= 15 is 0 Å². The molecular formula is C51H63N11O13. The lowest BCUT2D eigenvalue weighted by Crippen LogP contribution is -2.58. The molecule has 4 heterocycles. The summed E-state index contributed by atoms with van der Waals surface area (Å²) in [6, 6.07) is 8.18. The Morgan fingerprint density at radius 1 is 0.813 bits per heavy atom. The fourth-order valence-electron chi connectivity index (χ4n) is 8.57. The predicted molar refractivity (Wildman–Crippen MR) is 265 cm³/mol. The topological polar surface area (TPSA) is 324 Å². The minimum atomic E-state index is -1.18. The molecule has 3 aliphatic heterocycles. The first-order valence-electron chi connectivity index (χ1n) is 24.8. The molecule has 3 aliphatic rings. The number of carbonyl (C=O) groups excluding carboxylic acids is 11. The number of aromatic nitrogens is 3. The van der Waals surface area contributed by atoms with Crippen LogP contribution in [0, 0.1) is 17.8 Å². The number of nitrogens with one attached hydrogen (secondary N) is 7. The normalized spacial score (nSPS) is 17.9. The number of anilines is 1. The second kappa shape index (κ2) is 26.1. The van der Waals surface area contributed by atoms with E-state index in [0.29, 0.717) is 13.0 Å². The highest BCUT2D eigenvalue weighted by atomic mass is 16.5. The molecule has 0 aliphatic carbocycles. The number of esters is 1. The van der Waals surface area contributed by atoms with E-state index in [1.165, 1.54) is 48.2 Å². The number of hydrogen-bond acceptors (Lipinski definition) is 15. The molecule has 0 spiro atoms. The molecule has 2 aromatic carbocycles. The Kier molecular flexibility index (Phi) is 19.5. The molecule has 1 aromatic heterocycles. The Morgan fingerprint density at radius 3 is 2.27 bits per heavy atom. The second-order valence-corrected chi connectivity index (χ2v) is 19.2. The Hall–Kier alpha value is -8.31. The number of carbonyl (C=O) groups is 11. The lowest BCUT2D eigenvalue weighted by molar-refractivity contribution is -0.139. The average molecular weight is 1040 g/mol. The summed E-state index contributed by atoms with van der Waals surface area (Å²) in [6.45, 7) is 8.94. The average Bonchev–Trinajstić information content (AvgIpc) is 4.07. The maximum absolute atomic E-state index is 13.9. The van der Waals surface area contributed by atoms with Crippen molar-refractivity contribution in [3.05, 3.63) is 89.3 Å². The zero-order valence-corrected chi connectivity index (χ0v) is 42.3. The molecule has 2 fully saturated rings. The Labute approximate surface area is 432 Å². The highest BCUT2D eigenvalue weighted by Crippen LogP contribution is 2.32. The minimum Gasteiger partial charge on any atom is -0.458 e. The zero-order chi connectivity index (χ0) is 54.3. The summed E-state index contributed by atoms with van der Waals surface area (Å²) in [5.74, 6) is -6.88. The van der Waals surface area contributed by atoms with Crippen LogP contribution in [-0.4, -0.2) is 122 Å². The van der Waals surface area contributed by atoms with Crippen LogP contribution in [0.5, 0.6) is 0 Å². The first kappa shape index (κ1) is 56.0. The van der Waals surface area contributed by atoms with Crippen molar-refractivity contribution < 1.29 is 62.2 Å². The number of nitrogens with zero attached hydrogens (tertiary/aromatic N) is 4. The summed E-state index contributed by atoms with van der Waals surface area (Å²) in [5, 5.41) is 26.3. The van der Waals surface area contributed by atoms with Crippen molar-refractivity contribution >= 4 is 70.9 Å². The predicted octanol–water partition coefficient (Wildman–Crippen LogP) is 1.70. The van der Waals surface area contributed by atoms with Crippen molar-refractivity contribution in [3.8, 4) is 0 Å². The van der Waals surface area contributed by atoms with Gasteiger partial charge in [-0.1, -0.05) is 75.4 Å². The summed E-state index contributed by atoms with van der Waals surface area (Å²) in [4.78, 5) is 143. The molecule has 400 valence electrons. The van der Waals surface area contributed by atoms with Crippen molar-refractivity contribution in [2.45, 2.75) is 130 Å². The third-order valence-corrected chi connectivity index (χ3v) is 12.5. The fraction of sp³-hybridized carbons (Fsp3) is 0.471. The van der Waals surface area contributed by atoms with Gasteiger partial charge in [-0.05, 0) is 68.6 Å². The van der Waals surface area contributed by atoms with Crippen LogP contribution < -0.4 is 37.2 Å². The maximum atomic E-state index is 13.9. The quantitative estimate of drug-likeness (QED) is 0.0382. The van der Waals surface area contributed by atoms with E-state index in [4.69, 9.17) is 9.47 Å². The number of piperidine rings is 1. The molecule has 10 amide bonds. The van der Waals surface area contributed by atoms with Crippen LogP contribution in [0.25, 0.3) is 0 Å². The van der Waals surface area contributed by atoms with Crippen LogP contribution in [-0.2, 0) is 67.6 Å². The second-order valence-electron chi connectivity index (χ2n) is 19.2. The number of aryl methyl sites for hydroxylation is 1. The number of ether oxygens (including phenoxy) is 2. The summed E-state index contributed by atoms with van der Waals surface area (Å²) in [7, 11) is 0. The molecular weight excluding hydrogens is 975 g/mol. The first-order valence-corrected chi connectivity index (χ1v) is 24.8. The highest BCUT2D eigenvalue weighted by molar-refractivity contribution is 6.26. The van der Waals surface area contributed by atoms with Gasteiger partial charge >= 0.3 is 12.1 Å². The van der Waals surface area contributed by atoms with Crippen LogP contribution in [0.2, 0.25) is 0 Å². The number of fused-ring (bicyclic) bond motifs is 1. The lowest BCUT2D eigenvalue weighted by Gasteiger charge is -2.28. The Balaban J connectivity index is 0.947. The van der Waals surface area contributed by atoms with E-state index in [-0.39, 0.29) is 92.6 Å². The number of alkyl carbamates (subject to hydrolysis) is 1. The van der Waals surface area contributed by atoms with Crippen molar-refractivity contribution in [2.75, 3.05) is 11.9 Å². The van der Waals surface area contributed by atoms with Gasteiger partial charge < -0.3 is 41.4 Å². The smallest absolute Gasteiger partial charge is 0.408 e. The molecule has 1 unspecified atom stereocenters. The van der Waals surface area contributed by atoms with Gasteiger partial charge in [0.15, 0.2) is 0 Å².